The first-order valence-electron chi connectivity index (χ1n) is 7.21. The Hall–Kier alpha value is -1.34. The molecule has 21 heavy (non-hydrogen) atoms. The standard InChI is InChI=1S/C14H24N2O4S/c1-4-8-16-10-12(9-13(16)14(17)18)21(19,20)15-7-5-6-11(2)3/h9-11,15H,4-8H2,1-3H3,(H,17,18). The molecule has 0 aromatic carbocycles. The van der Waals surface area contributed by atoms with Crippen LogP contribution in [0.1, 0.15) is 50.5 Å². The van der Waals surface area contributed by atoms with Gasteiger partial charge in [0.2, 0.25) is 10.0 Å². The van der Waals surface area contributed by atoms with E-state index in [2.05, 4.69) is 18.6 Å². The van der Waals surface area contributed by atoms with E-state index in [1.165, 1.54) is 16.8 Å². The van der Waals surface area contributed by atoms with Gasteiger partial charge in [-0.15, -0.1) is 0 Å². The molecule has 0 amide bonds. The molecule has 0 aliphatic rings. The molecule has 120 valence electrons. The summed E-state index contributed by atoms with van der Waals surface area (Å²) in [5, 5.41) is 9.11. The van der Waals surface area contributed by atoms with E-state index in [-0.39, 0.29) is 10.6 Å². The Morgan fingerprint density at radius 2 is 2.10 bits per heavy atom. The van der Waals surface area contributed by atoms with Crippen molar-refractivity contribution in [3.63, 3.8) is 0 Å². The summed E-state index contributed by atoms with van der Waals surface area (Å²) in [4.78, 5) is 11.1. The molecular formula is C14H24N2O4S. The van der Waals surface area contributed by atoms with E-state index in [4.69, 9.17) is 5.11 Å². The number of carboxylic acid groups (broad SMARTS) is 1. The first kappa shape index (κ1) is 17.7. The van der Waals surface area contributed by atoms with Crippen LogP contribution >= 0.6 is 0 Å². The summed E-state index contributed by atoms with van der Waals surface area (Å²) in [6.45, 7) is 6.91. The van der Waals surface area contributed by atoms with Gasteiger partial charge in [-0.05, 0) is 31.2 Å². The molecule has 1 rings (SSSR count). The molecule has 0 aliphatic heterocycles. The molecule has 1 aromatic rings. The second-order valence-electron chi connectivity index (χ2n) is 5.49. The van der Waals surface area contributed by atoms with Gasteiger partial charge in [-0.3, -0.25) is 0 Å². The second kappa shape index (κ2) is 7.61. The van der Waals surface area contributed by atoms with Gasteiger partial charge in [-0.2, -0.15) is 0 Å². The Morgan fingerprint density at radius 3 is 2.62 bits per heavy atom. The number of hydrogen-bond acceptors (Lipinski definition) is 3. The fourth-order valence-corrected chi connectivity index (χ4v) is 3.15. The van der Waals surface area contributed by atoms with Crippen molar-refractivity contribution < 1.29 is 18.3 Å². The van der Waals surface area contributed by atoms with Crippen molar-refractivity contribution in [1.29, 1.82) is 0 Å². The predicted octanol–water partition coefficient (Wildman–Crippen LogP) is 2.31. The van der Waals surface area contributed by atoms with Crippen molar-refractivity contribution in [2.45, 2.75) is 51.5 Å². The monoisotopic (exact) mass is 316 g/mol. The van der Waals surface area contributed by atoms with Crippen LogP contribution in [0.25, 0.3) is 0 Å². The van der Waals surface area contributed by atoms with E-state index < -0.39 is 16.0 Å². The molecule has 0 fully saturated rings. The highest BCUT2D eigenvalue weighted by Gasteiger charge is 2.20. The van der Waals surface area contributed by atoms with Crippen LogP contribution in [0, 0.1) is 5.92 Å². The number of hydrogen-bond donors (Lipinski definition) is 2. The van der Waals surface area contributed by atoms with Crippen LogP contribution in [0.4, 0.5) is 0 Å². The summed E-state index contributed by atoms with van der Waals surface area (Å²) in [6.07, 6.45) is 3.83. The molecule has 1 aromatic heterocycles. The lowest BCUT2D eigenvalue weighted by Crippen LogP contribution is -2.24. The number of aromatic nitrogens is 1. The minimum Gasteiger partial charge on any atom is -0.477 e. The fourth-order valence-electron chi connectivity index (χ4n) is 2.04. The number of aryl methyl sites for hydroxylation is 1. The third kappa shape index (κ3) is 5.17. The van der Waals surface area contributed by atoms with Gasteiger partial charge in [-0.25, -0.2) is 17.9 Å². The van der Waals surface area contributed by atoms with Crippen LogP contribution in [-0.2, 0) is 16.6 Å². The second-order valence-corrected chi connectivity index (χ2v) is 7.26. The van der Waals surface area contributed by atoms with E-state index >= 15 is 0 Å². The first-order chi connectivity index (χ1) is 9.77. The summed E-state index contributed by atoms with van der Waals surface area (Å²) in [5.41, 5.74) is -0.000551. The molecule has 6 nitrogen and oxygen atoms in total. The normalized spacial score (nSPS) is 12.0. The number of sulfonamides is 1. The molecule has 0 saturated heterocycles. The zero-order chi connectivity index (χ0) is 16.0. The lowest BCUT2D eigenvalue weighted by molar-refractivity contribution is 0.0685. The minimum absolute atomic E-state index is 0.000551. The Balaban J connectivity index is 2.83. The molecular weight excluding hydrogens is 292 g/mol. The van der Waals surface area contributed by atoms with E-state index in [1.54, 1.807) is 0 Å². The maximum atomic E-state index is 12.2. The lowest BCUT2D eigenvalue weighted by atomic mass is 10.1. The summed E-state index contributed by atoms with van der Waals surface area (Å²) in [7, 11) is -3.65. The smallest absolute Gasteiger partial charge is 0.352 e. The summed E-state index contributed by atoms with van der Waals surface area (Å²) in [5.74, 6) is -0.594. The van der Waals surface area contributed by atoms with Gasteiger partial charge in [0.1, 0.15) is 10.6 Å². The van der Waals surface area contributed by atoms with Crippen LogP contribution in [0.15, 0.2) is 17.2 Å². The van der Waals surface area contributed by atoms with E-state index in [0.717, 1.165) is 19.3 Å². The topological polar surface area (TPSA) is 88.4 Å². The molecule has 0 unspecified atom stereocenters. The highest BCUT2D eigenvalue weighted by molar-refractivity contribution is 7.89. The van der Waals surface area contributed by atoms with E-state index in [1.807, 2.05) is 6.92 Å². The number of nitrogens with one attached hydrogen (secondary N) is 1. The molecule has 0 atom stereocenters. The van der Waals surface area contributed by atoms with E-state index in [9.17, 15) is 13.2 Å². The SMILES string of the molecule is CCCn1cc(S(=O)(=O)NCCCC(C)C)cc1C(=O)O. The zero-order valence-corrected chi connectivity index (χ0v) is 13.6. The van der Waals surface area contributed by atoms with E-state index in [0.29, 0.717) is 19.0 Å². The Bertz CT molecular complexity index is 576. The summed E-state index contributed by atoms with van der Waals surface area (Å²) >= 11 is 0. The largest absolute Gasteiger partial charge is 0.477 e. The van der Waals surface area contributed by atoms with Crippen LogP contribution in [0.2, 0.25) is 0 Å². The van der Waals surface area contributed by atoms with Gasteiger partial charge >= 0.3 is 5.97 Å². The Kier molecular flexibility index (Phi) is 6.42. The Morgan fingerprint density at radius 1 is 1.43 bits per heavy atom. The maximum Gasteiger partial charge on any atom is 0.352 e. The van der Waals surface area contributed by atoms with Crippen LogP contribution in [0.5, 0.6) is 0 Å². The number of carbonyl (C=O) groups is 1. The molecule has 2 N–H and O–H groups in total. The van der Waals surface area contributed by atoms with Crippen LogP contribution in [0.3, 0.4) is 0 Å². The molecule has 1 heterocycles. The predicted molar refractivity (Wildman–Crippen MR) is 80.9 cm³/mol. The molecule has 0 aliphatic carbocycles. The third-order valence-electron chi connectivity index (χ3n) is 3.12. The molecule has 7 heteroatoms. The summed E-state index contributed by atoms with van der Waals surface area (Å²) in [6, 6.07) is 1.21. The molecule has 0 saturated carbocycles. The number of carboxylic acids is 1. The van der Waals surface area contributed by atoms with Crippen molar-refractivity contribution in [3.05, 3.63) is 18.0 Å². The molecule has 0 radical (unpaired) electrons. The van der Waals surface area contributed by atoms with Gasteiger partial charge in [0, 0.05) is 19.3 Å². The lowest BCUT2D eigenvalue weighted by Gasteiger charge is -2.06. The van der Waals surface area contributed by atoms with Crippen LogP contribution in [-0.4, -0.2) is 30.6 Å². The average molecular weight is 316 g/mol. The molecule has 0 spiro atoms. The zero-order valence-electron chi connectivity index (χ0n) is 12.8. The first-order valence-corrected chi connectivity index (χ1v) is 8.69. The van der Waals surface area contributed by atoms with Crippen LogP contribution < -0.4 is 4.72 Å². The average Bonchev–Trinajstić information content (AvgIpc) is 2.80. The van der Waals surface area contributed by atoms with Crippen molar-refractivity contribution >= 4 is 16.0 Å². The van der Waals surface area contributed by atoms with Crippen molar-refractivity contribution in [3.8, 4) is 0 Å². The molecule has 0 bridgehead atoms. The summed E-state index contributed by atoms with van der Waals surface area (Å²) < 4.78 is 28.3. The minimum atomic E-state index is -3.65. The third-order valence-corrected chi connectivity index (χ3v) is 4.54. The number of rotatable bonds is 9. The van der Waals surface area contributed by atoms with Crippen molar-refractivity contribution in [1.82, 2.24) is 9.29 Å². The van der Waals surface area contributed by atoms with Gasteiger partial charge in [0.05, 0.1) is 0 Å². The van der Waals surface area contributed by atoms with Gasteiger partial charge in [0.15, 0.2) is 0 Å². The highest BCUT2D eigenvalue weighted by Crippen LogP contribution is 2.15. The van der Waals surface area contributed by atoms with Gasteiger partial charge in [-0.1, -0.05) is 20.8 Å². The van der Waals surface area contributed by atoms with Gasteiger partial charge < -0.3 is 9.67 Å². The fraction of sp³-hybridized carbons (Fsp3) is 0.643. The number of aromatic carboxylic acids is 1. The number of nitrogens with zero attached hydrogens (tertiary/aromatic N) is 1. The Labute approximate surface area is 126 Å². The van der Waals surface area contributed by atoms with Gasteiger partial charge in [0.25, 0.3) is 0 Å². The van der Waals surface area contributed by atoms with Crippen molar-refractivity contribution in [2.24, 2.45) is 5.92 Å². The quantitative estimate of drug-likeness (QED) is 0.684. The maximum absolute atomic E-state index is 12.2. The highest BCUT2D eigenvalue weighted by atomic mass is 32.2. The van der Waals surface area contributed by atoms with Crippen molar-refractivity contribution in [2.75, 3.05) is 6.54 Å².